The average molecular weight is 346 g/mol. The molecule has 128 valence electrons. The minimum Gasteiger partial charge on any atom is -0.455 e. The summed E-state index contributed by atoms with van der Waals surface area (Å²) in [5.74, 6) is -1.03. The predicted molar refractivity (Wildman–Crippen MR) is 96.2 cm³/mol. The molecule has 0 saturated carbocycles. The van der Waals surface area contributed by atoms with Gasteiger partial charge in [0.2, 0.25) is 0 Å². The number of anilines is 1. The number of nitrogens with one attached hydrogen (secondary N) is 1. The Labute approximate surface area is 146 Å². The number of hydrogen-bond donors (Lipinski definition) is 1. The zero-order chi connectivity index (χ0) is 17.9. The van der Waals surface area contributed by atoms with E-state index >= 15 is 0 Å². The first-order valence-corrected chi connectivity index (χ1v) is 8.66. The van der Waals surface area contributed by atoms with Crippen LogP contribution < -0.4 is 5.32 Å². The summed E-state index contributed by atoms with van der Waals surface area (Å²) >= 11 is 1.35. The monoisotopic (exact) mass is 346 g/mol. The molecule has 0 saturated heterocycles. The van der Waals surface area contributed by atoms with Crippen LogP contribution in [0.2, 0.25) is 0 Å². The number of aromatic nitrogens is 1. The van der Waals surface area contributed by atoms with Gasteiger partial charge in [-0.3, -0.25) is 14.9 Å². The van der Waals surface area contributed by atoms with Crippen molar-refractivity contribution >= 4 is 28.3 Å². The van der Waals surface area contributed by atoms with Crippen molar-refractivity contribution in [3.05, 3.63) is 34.2 Å². The number of ether oxygens (including phenoxy) is 1. The molecule has 0 atom stereocenters. The van der Waals surface area contributed by atoms with Gasteiger partial charge in [0.25, 0.3) is 5.91 Å². The quantitative estimate of drug-likeness (QED) is 0.835. The smallest absolute Gasteiger partial charge is 0.308 e. The second kappa shape index (κ2) is 7.57. The maximum atomic E-state index is 11.8. The lowest BCUT2D eigenvalue weighted by molar-refractivity contribution is -0.150. The van der Waals surface area contributed by atoms with Gasteiger partial charge in [-0.1, -0.05) is 19.9 Å². The van der Waals surface area contributed by atoms with E-state index in [1.54, 1.807) is 13.8 Å². The molecule has 5 nitrogen and oxygen atoms in total. The van der Waals surface area contributed by atoms with E-state index in [4.69, 9.17) is 4.74 Å². The first-order valence-electron chi connectivity index (χ1n) is 7.78. The Kier molecular flexibility index (Phi) is 5.72. The van der Waals surface area contributed by atoms with Crippen LogP contribution >= 0.6 is 11.3 Å². The van der Waals surface area contributed by atoms with E-state index < -0.39 is 5.97 Å². The first kappa shape index (κ1) is 18.1. The Morgan fingerprint density at radius 1 is 1.17 bits per heavy atom. The molecule has 1 aromatic heterocycles. The minimum atomic E-state index is -0.393. The summed E-state index contributed by atoms with van der Waals surface area (Å²) in [4.78, 5) is 27.7. The van der Waals surface area contributed by atoms with Gasteiger partial charge in [-0.2, -0.15) is 0 Å². The highest BCUT2D eigenvalue weighted by Gasteiger charge is 2.14. The van der Waals surface area contributed by atoms with Crippen molar-refractivity contribution in [3.8, 4) is 11.3 Å². The van der Waals surface area contributed by atoms with Crippen molar-refractivity contribution in [2.75, 3.05) is 11.9 Å². The molecule has 0 spiro atoms. The van der Waals surface area contributed by atoms with E-state index in [-0.39, 0.29) is 18.4 Å². The lowest BCUT2D eigenvalue weighted by Crippen LogP contribution is -2.22. The van der Waals surface area contributed by atoms with Gasteiger partial charge >= 0.3 is 5.97 Å². The number of thiazole rings is 1. The number of rotatable bonds is 5. The zero-order valence-corrected chi connectivity index (χ0v) is 15.4. The van der Waals surface area contributed by atoms with E-state index in [1.807, 2.05) is 12.3 Å². The molecule has 0 aliphatic rings. The SMILES string of the molecule is Cc1cc(C)c(-c2csc(NC(=O)COC(=O)C(C)C)n2)cc1C. The fraction of sp³-hybridized carbons (Fsp3) is 0.389. The fourth-order valence-corrected chi connectivity index (χ4v) is 2.88. The van der Waals surface area contributed by atoms with Crippen LogP contribution in [0.15, 0.2) is 17.5 Å². The van der Waals surface area contributed by atoms with E-state index in [2.05, 4.69) is 36.3 Å². The summed E-state index contributed by atoms with van der Waals surface area (Å²) in [5.41, 5.74) is 5.48. The maximum absolute atomic E-state index is 11.8. The van der Waals surface area contributed by atoms with Gasteiger partial charge in [-0.05, 0) is 43.5 Å². The molecule has 1 heterocycles. The highest BCUT2D eigenvalue weighted by Crippen LogP contribution is 2.29. The topological polar surface area (TPSA) is 68.3 Å². The normalized spacial score (nSPS) is 10.8. The number of aryl methyl sites for hydroxylation is 3. The number of carbonyl (C=O) groups excluding carboxylic acids is 2. The van der Waals surface area contributed by atoms with Gasteiger partial charge in [-0.25, -0.2) is 4.98 Å². The molecule has 0 radical (unpaired) electrons. The standard InChI is InChI=1S/C18H22N2O3S/c1-10(2)17(22)23-8-16(21)20-18-19-15(9-24-18)14-7-12(4)11(3)6-13(14)5/h6-7,9-10H,8H2,1-5H3,(H,19,20,21). The van der Waals surface area contributed by atoms with Crippen LogP contribution in [-0.4, -0.2) is 23.5 Å². The molecule has 2 aromatic rings. The van der Waals surface area contributed by atoms with Crippen molar-refractivity contribution in [3.63, 3.8) is 0 Å². The Bertz CT molecular complexity index is 766. The van der Waals surface area contributed by atoms with Crippen molar-refractivity contribution < 1.29 is 14.3 Å². The summed E-state index contributed by atoms with van der Waals surface area (Å²) in [6.07, 6.45) is 0. The summed E-state index contributed by atoms with van der Waals surface area (Å²) in [5, 5.41) is 5.07. The molecule has 1 amide bonds. The van der Waals surface area contributed by atoms with Gasteiger partial charge in [0, 0.05) is 10.9 Å². The lowest BCUT2D eigenvalue weighted by atomic mass is 9.99. The molecule has 1 aromatic carbocycles. The Balaban J connectivity index is 2.05. The van der Waals surface area contributed by atoms with Crippen LogP contribution in [-0.2, 0) is 14.3 Å². The number of amides is 1. The van der Waals surface area contributed by atoms with Gasteiger partial charge in [0.15, 0.2) is 11.7 Å². The summed E-state index contributed by atoms with van der Waals surface area (Å²) in [6, 6.07) is 4.24. The van der Waals surface area contributed by atoms with E-state index in [9.17, 15) is 9.59 Å². The Hall–Kier alpha value is -2.21. The Morgan fingerprint density at radius 2 is 1.83 bits per heavy atom. The van der Waals surface area contributed by atoms with E-state index in [0.29, 0.717) is 5.13 Å². The van der Waals surface area contributed by atoms with Crippen molar-refractivity contribution in [1.29, 1.82) is 0 Å². The molecule has 1 N–H and O–H groups in total. The van der Waals surface area contributed by atoms with Gasteiger partial charge in [-0.15, -0.1) is 11.3 Å². The molecule has 0 bridgehead atoms. The molecule has 0 fully saturated rings. The third kappa shape index (κ3) is 4.41. The molecule has 2 rings (SSSR count). The number of benzene rings is 1. The van der Waals surface area contributed by atoms with Gasteiger partial charge in [0.1, 0.15) is 0 Å². The highest BCUT2D eigenvalue weighted by atomic mass is 32.1. The fourth-order valence-electron chi connectivity index (χ4n) is 2.15. The molecule has 0 unspecified atom stereocenters. The predicted octanol–water partition coefficient (Wildman–Crippen LogP) is 3.87. The summed E-state index contributed by atoms with van der Waals surface area (Å²) in [6.45, 7) is 9.34. The third-order valence-corrected chi connectivity index (χ3v) is 4.44. The molecule has 6 heteroatoms. The van der Waals surface area contributed by atoms with Crippen LogP contribution in [0.4, 0.5) is 5.13 Å². The second-order valence-corrected chi connectivity index (χ2v) is 6.96. The van der Waals surface area contributed by atoms with Crippen molar-refractivity contribution in [1.82, 2.24) is 4.98 Å². The largest absolute Gasteiger partial charge is 0.455 e. The third-order valence-electron chi connectivity index (χ3n) is 3.68. The number of nitrogens with zero attached hydrogens (tertiary/aromatic N) is 1. The second-order valence-electron chi connectivity index (χ2n) is 6.10. The Morgan fingerprint density at radius 3 is 2.50 bits per heavy atom. The molecular formula is C18H22N2O3S. The summed E-state index contributed by atoms with van der Waals surface area (Å²) in [7, 11) is 0. The molecular weight excluding hydrogens is 324 g/mol. The number of hydrogen-bond acceptors (Lipinski definition) is 5. The van der Waals surface area contributed by atoms with E-state index in [0.717, 1.165) is 16.8 Å². The van der Waals surface area contributed by atoms with Crippen molar-refractivity contribution in [2.24, 2.45) is 5.92 Å². The first-order chi connectivity index (χ1) is 11.3. The van der Waals surface area contributed by atoms with Crippen LogP contribution in [0.3, 0.4) is 0 Å². The molecule has 24 heavy (non-hydrogen) atoms. The van der Waals surface area contributed by atoms with E-state index in [1.165, 1.54) is 22.5 Å². The van der Waals surface area contributed by atoms with Crippen LogP contribution in [0.5, 0.6) is 0 Å². The highest BCUT2D eigenvalue weighted by molar-refractivity contribution is 7.14. The minimum absolute atomic E-state index is 0.253. The number of carbonyl (C=O) groups is 2. The van der Waals surface area contributed by atoms with Gasteiger partial charge < -0.3 is 4.74 Å². The van der Waals surface area contributed by atoms with Crippen LogP contribution in [0, 0.1) is 26.7 Å². The lowest BCUT2D eigenvalue weighted by Gasteiger charge is -2.08. The van der Waals surface area contributed by atoms with Crippen LogP contribution in [0.25, 0.3) is 11.3 Å². The average Bonchev–Trinajstić information content (AvgIpc) is 2.96. The zero-order valence-electron chi connectivity index (χ0n) is 14.6. The molecule has 0 aliphatic carbocycles. The maximum Gasteiger partial charge on any atom is 0.308 e. The van der Waals surface area contributed by atoms with Crippen LogP contribution in [0.1, 0.15) is 30.5 Å². The van der Waals surface area contributed by atoms with Gasteiger partial charge in [0.05, 0.1) is 11.6 Å². The number of esters is 1. The molecule has 0 aliphatic heterocycles. The van der Waals surface area contributed by atoms with Crippen molar-refractivity contribution in [2.45, 2.75) is 34.6 Å². The summed E-state index contributed by atoms with van der Waals surface area (Å²) < 4.78 is 4.90.